The number of hydrogen-bond donors (Lipinski definition) is 1. The number of aryl methyl sites for hydroxylation is 1. The fourth-order valence-corrected chi connectivity index (χ4v) is 4.14. The van der Waals surface area contributed by atoms with Crippen LogP contribution in [-0.2, 0) is 14.6 Å². The molecule has 156 valence electrons. The van der Waals surface area contributed by atoms with Gasteiger partial charge in [0, 0.05) is 24.2 Å². The van der Waals surface area contributed by atoms with Crippen molar-refractivity contribution in [3.05, 3.63) is 35.9 Å². The summed E-state index contributed by atoms with van der Waals surface area (Å²) in [5.41, 5.74) is 1.30. The van der Waals surface area contributed by atoms with Gasteiger partial charge in [0.15, 0.2) is 32.8 Å². The van der Waals surface area contributed by atoms with E-state index in [4.69, 9.17) is 18.9 Å². The molecule has 1 amide bonds. The molecule has 0 spiro atoms. The number of ether oxygens (including phenoxy) is 4. The molecule has 1 aliphatic rings. The number of rotatable bonds is 7. The van der Waals surface area contributed by atoms with Gasteiger partial charge in [0.25, 0.3) is 0 Å². The van der Waals surface area contributed by atoms with Crippen LogP contribution in [0.2, 0.25) is 0 Å². The Labute approximate surface area is 169 Å². The number of carbonyl (C=O) groups is 1. The van der Waals surface area contributed by atoms with Crippen LogP contribution >= 0.6 is 0 Å². The van der Waals surface area contributed by atoms with Crippen molar-refractivity contribution >= 4 is 21.4 Å². The average molecular weight is 421 g/mol. The number of anilines is 1. The fraction of sp³-hybridized carbons (Fsp3) is 0.350. The van der Waals surface area contributed by atoms with Crippen LogP contribution in [0.15, 0.2) is 35.2 Å². The first-order chi connectivity index (χ1) is 13.8. The predicted octanol–water partition coefficient (Wildman–Crippen LogP) is 2.59. The summed E-state index contributed by atoms with van der Waals surface area (Å²) in [6.07, 6.45) is -0.190. The van der Waals surface area contributed by atoms with E-state index in [-0.39, 0.29) is 17.1 Å². The molecule has 1 N–H and O–H groups in total. The Kier molecular flexibility index (Phi) is 6.17. The molecular formula is C20H23NO7S. The lowest BCUT2D eigenvalue weighted by molar-refractivity contribution is -0.115. The molecule has 0 saturated heterocycles. The van der Waals surface area contributed by atoms with Gasteiger partial charge in [-0.3, -0.25) is 4.79 Å². The molecule has 3 rings (SSSR count). The van der Waals surface area contributed by atoms with Crippen molar-refractivity contribution in [2.75, 3.05) is 38.5 Å². The summed E-state index contributed by atoms with van der Waals surface area (Å²) >= 11 is 0. The van der Waals surface area contributed by atoms with Crippen LogP contribution in [0.5, 0.6) is 23.0 Å². The zero-order chi connectivity index (χ0) is 21.0. The highest BCUT2D eigenvalue weighted by molar-refractivity contribution is 7.91. The van der Waals surface area contributed by atoms with Gasteiger partial charge in [0.2, 0.25) is 5.91 Å². The number of hydrogen-bond acceptors (Lipinski definition) is 7. The van der Waals surface area contributed by atoms with Gasteiger partial charge in [-0.25, -0.2) is 8.42 Å². The van der Waals surface area contributed by atoms with E-state index in [0.717, 1.165) is 5.56 Å². The molecule has 9 heteroatoms. The summed E-state index contributed by atoms with van der Waals surface area (Å²) < 4.78 is 46.5. The number of methoxy groups -OCH3 is 2. The Balaban J connectivity index is 1.67. The van der Waals surface area contributed by atoms with Crippen molar-refractivity contribution in [2.24, 2.45) is 0 Å². The summed E-state index contributed by atoms with van der Waals surface area (Å²) in [5, 5.41) is 2.73. The van der Waals surface area contributed by atoms with E-state index in [9.17, 15) is 13.2 Å². The van der Waals surface area contributed by atoms with Crippen molar-refractivity contribution < 1.29 is 32.2 Å². The summed E-state index contributed by atoms with van der Waals surface area (Å²) in [6.45, 7) is 2.60. The van der Waals surface area contributed by atoms with E-state index < -0.39 is 15.7 Å². The lowest BCUT2D eigenvalue weighted by atomic mass is 10.1. The van der Waals surface area contributed by atoms with Crippen LogP contribution in [0.25, 0.3) is 0 Å². The highest BCUT2D eigenvalue weighted by atomic mass is 32.2. The van der Waals surface area contributed by atoms with Crippen LogP contribution in [0.1, 0.15) is 12.0 Å². The first-order valence-corrected chi connectivity index (χ1v) is 10.6. The van der Waals surface area contributed by atoms with Crippen molar-refractivity contribution in [3.8, 4) is 23.0 Å². The van der Waals surface area contributed by atoms with E-state index >= 15 is 0 Å². The van der Waals surface area contributed by atoms with Crippen LogP contribution in [-0.4, -0.2) is 47.5 Å². The van der Waals surface area contributed by atoms with Crippen molar-refractivity contribution in [2.45, 2.75) is 18.2 Å². The van der Waals surface area contributed by atoms with Gasteiger partial charge in [-0.2, -0.15) is 0 Å². The molecule has 1 aliphatic heterocycles. The quantitative estimate of drug-likeness (QED) is 0.733. The third-order valence-electron chi connectivity index (χ3n) is 4.48. The highest BCUT2D eigenvalue weighted by Crippen LogP contribution is 2.34. The van der Waals surface area contributed by atoms with Crippen LogP contribution < -0.4 is 24.3 Å². The fourth-order valence-electron chi connectivity index (χ4n) is 2.89. The lowest BCUT2D eigenvalue weighted by Gasteiger charge is -2.18. The Bertz CT molecular complexity index is 1020. The molecule has 8 nitrogen and oxygen atoms in total. The van der Waals surface area contributed by atoms with E-state index in [2.05, 4.69) is 5.32 Å². The van der Waals surface area contributed by atoms with Crippen LogP contribution in [0.3, 0.4) is 0 Å². The first kappa shape index (κ1) is 20.8. The summed E-state index contributed by atoms with van der Waals surface area (Å²) in [7, 11) is -0.631. The van der Waals surface area contributed by atoms with Crippen LogP contribution in [0, 0.1) is 6.92 Å². The predicted molar refractivity (Wildman–Crippen MR) is 107 cm³/mol. The van der Waals surface area contributed by atoms with Gasteiger partial charge in [-0.15, -0.1) is 0 Å². The second-order valence-corrected chi connectivity index (χ2v) is 8.55. The molecular weight excluding hydrogens is 398 g/mol. The zero-order valence-corrected chi connectivity index (χ0v) is 17.3. The van der Waals surface area contributed by atoms with Crippen molar-refractivity contribution in [3.63, 3.8) is 0 Å². The van der Waals surface area contributed by atoms with Gasteiger partial charge >= 0.3 is 0 Å². The SMILES string of the molecule is COc1cc(C)c(NC(=O)CCS(=O)(=O)c2ccc3c(c2)OCCO3)cc1OC. The van der Waals surface area contributed by atoms with Gasteiger partial charge in [-0.1, -0.05) is 0 Å². The molecule has 0 bridgehead atoms. The maximum atomic E-state index is 12.6. The second-order valence-electron chi connectivity index (χ2n) is 6.44. The topological polar surface area (TPSA) is 100 Å². The van der Waals surface area contributed by atoms with Crippen LogP contribution in [0.4, 0.5) is 5.69 Å². The maximum Gasteiger partial charge on any atom is 0.225 e. The lowest BCUT2D eigenvalue weighted by Crippen LogP contribution is -2.19. The summed E-state index contributed by atoms with van der Waals surface area (Å²) in [4.78, 5) is 12.4. The number of fused-ring (bicyclic) bond motifs is 1. The molecule has 2 aromatic carbocycles. The molecule has 0 aliphatic carbocycles. The molecule has 0 unspecified atom stereocenters. The largest absolute Gasteiger partial charge is 0.493 e. The highest BCUT2D eigenvalue weighted by Gasteiger charge is 2.21. The van der Waals surface area contributed by atoms with E-state index in [1.807, 2.05) is 6.92 Å². The summed E-state index contributed by atoms with van der Waals surface area (Å²) in [5.74, 6) is 1.17. The molecule has 0 fully saturated rings. The minimum Gasteiger partial charge on any atom is -0.493 e. The number of nitrogens with one attached hydrogen (secondary N) is 1. The minimum absolute atomic E-state index is 0.0943. The molecule has 0 saturated carbocycles. The number of carbonyl (C=O) groups excluding carboxylic acids is 1. The Morgan fingerprint density at radius 1 is 1.03 bits per heavy atom. The average Bonchev–Trinajstić information content (AvgIpc) is 2.73. The Hall–Kier alpha value is -2.94. The number of sulfone groups is 1. The molecule has 2 aromatic rings. The first-order valence-electron chi connectivity index (χ1n) is 8.99. The smallest absolute Gasteiger partial charge is 0.225 e. The minimum atomic E-state index is -3.66. The third-order valence-corrected chi connectivity index (χ3v) is 6.19. The molecule has 0 radical (unpaired) electrons. The number of amides is 1. The Morgan fingerprint density at radius 2 is 1.69 bits per heavy atom. The van der Waals surface area contributed by atoms with Gasteiger partial charge in [0.05, 0.1) is 24.9 Å². The second kappa shape index (κ2) is 8.60. The monoisotopic (exact) mass is 421 g/mol. The van der Waals surface area contributed by atoms with Crippen molar-refractivity contribution in [1.29, 1.82) is 0 Å². The van der Waals surface area contributed by atoms with E-state index in [1.165, 1.54) is 26.4 Å². The van der Waals surface area contributed by atoms with E-state index in [0.29, 0.717) is 41.9 Å². The maximum absolute atomic E-state index is 12.6. The standard InChI is InChI=1S/C20H23NO7S/c1-13-10-17(25-2)18(26-3)12-15(13)21-20(22)6-9-29(23,24)14-4-5-16-19(11-14)28-8-7-27-16/h4-5,10-12H,6-9H2,1-3H3,(H,21,22). The summed E-state index contributed by atoms with van der Waals surface area (Å²) in [6, 6.07) is 7.83. The Morgan fingerprint density at radius 3 is 2.38 bits per heavy atom. The van der Waals surface area contributed by atoms with Gasteiger partial charge < -0.3 is 24.3 Å². The van der Waals surface area contributed by atoms with Gasteiger partial charge in [0.1, 0.15) is 13.2 Å². The zero-order valence-electron chi connectivity index (χ0n) is 16.5. The molecule has 1 heterocycles. The molecule has 29 heavy (non-hydrogen) atoms. The van der Waals surface area contributed by atoms with Crippen molar-refractivity contribution in [1.82, 2.24) is 0 Å². The number of benzene rings is 2. The molecule has 0 aromatic heterocycles. The molecule has 0 atom stereocenters. The third kappa shape index (κ3) is 4.73. The van der Waals surface area contributed by atoms with Gasteiger partial charge in [-0.05, 0) is 30.7 Å². The normalized spacial score (nSPS) is 12.9. The van der Waals surface area contributed by atoms with E-state index in [1.54, 1.807) is 18.2 Å².